The number of benzene rings is 1. The van der Waals surface area contributed by atoms with Crippen molar-refractivity contribution in [3.8, 4) is 5.75 Å². The van der Waals surface area contributed by atoms with Crippen molar-refractivity contribution in [1.82, 2.24) is 9.97 Å². The molecule has 1 saturated carbocycles. The molecule has 1 atom stereocenters. The average Bonchev–Trinajstić information content (AvgIpc) is 3.49. The van der Waals surface area contributed by atoms with Crippen LogP contribution in [0.4, 0.5) is 11.5 Å². The fraction of sp³-hybridized carbons (Fsp3) is 0.381. The van der Waals surface area contributed by atoms with Gasteiger partial charge in [0.2, 0.25) is 0 Å². The molecule has 1 aliphatic heterocycles. The smallest absolute Gasteiger partial charge is 0.136 e. The Hall–Kier alpha value is -3.09. The van der Waals surface area contributed by atoms with Crippen molar-refractivity contribution < 1.29 is 9.47 Å². The van der Waals surface area contributed by atoms with Gasteiger partial charge >= 0.3 is 0 Å². The Morgan fingerprint density at radius 2 is 2.18 bits per heavy atom. The fourth-order valence-corrected chi connectivity index (χ4v) is 3.30. The molecule has 2 heterocycles. The van der Waals surface area contributed by atoms with E-state index in [1.165, 1.54) is 6.33 Å². The number of ether oxygens (including phenoxy) is 2. The summed E-state index contributed by atoms with van der Waals surface area (Å²) in [5.74, 6) is 1.46. The number of nitrogens with one attached hydrogen (secondary N) is 1. The molecule has 1 aromatic heterocycles. The van der Waals surface area contributed by atoms with Crippen molar-refractivity contribution in [1.29, 1.82) is 5.41 Å². The summed E-state index contributed by atoms with van der Waals surface area (Å²) in [5.41, 5.74) is 8.01. The number of nitrogens with zero attached hydrogens (tertiary/aromatic N) is 3. The van der Waals surface area contributed by atoms with Crippen molar-refractivity contribution >= 4 is 17.2 Å². The maximum absolute atomic E-state index is 8.66. The van der Waals surface area contributed by atoms with E-state index in [-0.39, 0.29) is 17.4 Å². The van der Waals surface area contributed by atoms with Crippen LogP contribution >= 0.6 is 0 Å². The van der Waals surface area contributed by atoms with Gasteiger partial charge in [0.05, 0.1) is 24.2 Å². The number of nitrogen functional groups attached to an aromatic ring is 1. The van der Waals surface area contributed by atoms with Crippen molar-refractivity contribution in [2.75, 3.05) is 17.2 Å². The second kappa shape index (κ2) is 7.14. The number of hydrogen-bond donors (Lipinski definition) is 2. The SMILES string of the molecule is CCC1(Oc2ccc(N)c(C(=N)c3cc(N4C=CO[C@H](C)C4)ncn3)c2)CC1. The Bertz CT molecular complexity index is 923. The molecule has 0 bridgehead atoms. The van der Waals surface area contributed by atoms with Gasteiger partial charge in [-0.25, -0.2) is 9.97 Å². The Morgan fingerprint density at radius 3 is 2.89 bits per heavy atom. The second-order valence-electron chi connectivity index (χ2n) is 7.41. The van der Waals surface area contributed by atoms with Gasteiger partial charge in [-0.15, -0.1) is 0 Å². The summed E-state index contributed by atoms with van der Waals surface area (Å²) < 4.78 is 11.6. The van der Waals surface area contributed by atoms with Gasteiger partial charge in [0, 0.05) is 23.5 Å². The summed E-state index contributed by atoms with van der Waals surface area (Å²) in [5, 5.41) is 8.66. The molecule has 7 heteroatoms. The molecular weight excluding hydrogens is 354 g/mol. The minimum atomic E-state index is -0.0446. The Labute approximate surface area is 164 Å². The predicted octanol–water partition coefficient (Wildman–Crippen LogP) is 3.49. The molecule has 2 aliphatic rings. The molecule has 4 rings (SSSR count). The standard InChI is InChI=1S/C21H25N5O2/c1-3-21(6-7-21)28-15-4-5-17(22)16(10-15)20(23)18-11-19(25-13-24-18)26-8-9-27-14(2)12-26/h4-5,8-11,13-14,23H,3,6-7,12,22H2,1-2H3/t14-/m1/s1. The van der Waals surface area contributed by atoms with Gasteiger partial charge in [0.1, 0.15) is 29.6 Å². The van der Waals surface area contributed by atoms with Crippen molar-refractivity contribution in [3.05, 3.63) is 54.3 Å². The molecule has 1 fully saturated rings. The maximum Gasteiger partial charge on any atom is 0.136 e. The summed E-state index contributed by atoms with van der Waals surface area (Å²) in [4.78, 5) is 10.6. The third kappa shape index (κ3) is 3.65. The molecule has 0 unspecified atom stereocenters. The van der Waals surface area contributed by atoms with Gasteiger partial charge in [-0.3, -0.25) is 5.41 Å². The molecule has 0 amide bonds. The lowest BCUT2D eigenvalue weighted by Gasteiger charge is -2.27. The number of anilines is 2. The zero-order valence-electron chi connectivity index (χ0n) is 16.2. The lowest BCUT2D eigenvalue weighted by Crippen LogP contribution is -2.31. The number of aromatic nitrogens is 2. The van der Waals surface area contributed by atoms with Crippen LogP contribution < -0.4 is 15.4 Å². The first-order chi connectivity index (χ1) is 13.5. The van der Waals surface area contributed by atoms with Crippen molar-refractivity contribution in [3.63, 3.8) is 0 Å². The minimum absolute atomic E-state index is 0.0446. The van der Waals surface area contributed by atoms with Crippen LogP contribution in [0.15, 0.2) is 43.1 Å². The molecule has 0 spiro atoms. The van der Waals surface area contributed by atoms with Crippen LogP contribution in [-0.2, 0) is 4.74 Å². The largest absolute Gasteiger partial charge is 0.495 e. The lowest BCUT2D eigenvalue weighted by atomic mass is 10.0. The summed E-state index contributed by atoms with van der Waals surface area (Å²) in [6, 6.07) is 7.30. The van der Waals surface area contributed by atoms with E-state index in [0.717, 1.165) is 30.8 Å². The van der Waals surface area contributed by atoms with E-state index >= 15 is 0 Å². The number of hydrogen-bond acceptors (Lipinski definition) is 7. The van der Waals surface area contributed by atoms with Crippen LogP contribution in [0.2, 0.25) is 0 Å². The lowest BCUT2D eigenvalue weighted by molar-refractivity contribution is 0.156. The Balaban J connectivity index is 1.60. The first-order valence-corrected chi connectivity index (χ1v) is 9.58. The third-order valence-electron chi connectivity index (χ3n) is 5.29. The Morgan fingerprint density at radius 1 is 1.36 bits per heavy atom. The molecule has 0 saturated heterocycles. The van der Waals surface area contributed by atoms with Crippen LogP contribution in [0.3, 0.4) is 0 Å². The van der Waals surface area contributed by atoms with E-state index in [2.05, 4.69) is 16.9 Å². The molecule has 7 nitrogen and oxygen atoms in total. The fourth-order valence-electron chi connectivity index (χ4n) is 3.30. The number of nitrogens with two attached hydrogens (primary N) is 1. The maximum atomic E-state index is 8.66. The third-order valence-corrected chi connectivity index (χ3v) is 5.29. The van der Waals surface area contributed by atoms with Crippen LogP contribution in [0, 0.1) is 5.41 Å². The second-order valence-corrected chi connectivity index (χ2v) is 7.41. The first kappa shape index (κ1) is 18.3. The highest BCUT2D eigenvalue weighted by Crippen LogP contribution is 2.43. The van der Waals surface area contributed by atoms with Gasteiger partial charge < -0.3 is 20.1 Å². The zero-order chi connectivity index (χ0) is 19.7. The first-order valence-electron chi connectivity index (χ1n) is 9.58. The van der Waals surface area contributed by atoms with Crippen LogP contribution in [0.5, 0.6) is 5.75 Å². The molecule has 1 aliphatic carbocycles. The van der Waals surface area contributed by atoms with Gasteiger partial charge in [0.15, 0.2) is 0 Å². The average molecular weight is 379 g/mol. The predicted molar refractivity (Wildman–Crippen MR) is 109 cm³/mol. The number of rotatable bonds is 6. The topological polar surface area (TPSA) is 97.4 Å². The molecular formula is C21H25N5O2. The van der Waals surface area contributed by atoms with Crippen molar-refractivity contribution in [2.45, 2.75) is 44.8 Å². The normalized spacial score (nSPS) is 19.8. The molecule has 146 valence electrons. The summed E-state index contributed by atoms with van der Waals surface area (Å²) in [6.07, 6.45) is 8.15. The minimum Gasteiger partial charge on any atom is -0.495 e. The van der Waals surface area contributed by atoms with Crippen LogP contribution in [0.25, 0.3) is 0 Å². The molecule has 0 radical (unpaired) electrons. The quantitative estimate of drug-likeness (QED) is 0.589. The van der Waals surface area contributed by atoms with E-state index in [0.29, 0.717) is 23.5 Å². The Kier molecular flexibility index (Phi) is 4.66. The van der Waals surface area contributed by atoms with E-state index in [1.807, 2.05) is 30.2 Å². The highest BCUT2D eigenvalue weighted by Gasteiger charge is 2.43. The van der Waals surface area contributed by atoms with Gasteiger partial charge in [-0.05, 0) is 44.4 Å². The van der Waals surface area contributed by atoms with Gasteiger partial charge in [-0.2, -0.15) is 0 Å². The summed E-state index contributed by atoms with van der Waals surface area (Å²) >= 11 is 0. The van der Waals surface area contributed by atoms with E-state index < -0.39 is 0 Å². The highest BCUT2D eigenvalue weighted by molar-refractivity contribution is 6.13. The summed E-state index contributed by atoms with van der Waals surface area (Å²) in [7, 11) is 0. The van der Waals surface area contributed by atoms with Gasteiger partial charge in [-0.1, -0.05) is 6.92 Å². The summed E-state index contributed by atoms with van der Waals surface area (Å²) in [6.45, 7) is 4.82. The van der Waals surface area contributed by atoms with Crippen LogP contribution in [0.1, 0.15) is 44.4 Å². The molecule has 3 N–H and O–H groups in total. The molecule has 28 heavy (non-hydrogen) atoms. The highest BCUT2D eigenvalue weighted by atomic mass is 16.5. The van der Waals surface area contributed by atoms with E-state index in [4.69, 9.17) is 20.6 Å². The molecule has 2 aromatic rings. The zero-order valence-corrected chi connectivity index (χ0v) is 16.2. The van der Waals surface area contributed by atoms with Crippen molar-refractivity contribution in [2.24, 2.45) is 0 Å². The van der Waals surface area contributed by atoms with E-state index in [1.54, 1.807) is 18.4 Å². The molecule has 1 aromatic carbocycles. The van der Waals surface area contributed by atoms with E-state index in [9.17, 15) is 0 Å². The van der Waals surface area contributed by atoms with Gasteiger partial charge in [0.25, 0.3) is 0 Å². The monoisotopic (exact) mass is 379 g/mol. The van der Waals surface area contributed by atoms with Crippen LogP contribution in [-0.4, -0.2) is 33.9 Å².